The molecule has 1 saturated heterocycles. The van der Waals surface area contributed by atoms with Gasteiger partial charge in [-0.2, -0.15) is 0 Å². The first-order chi connectivity index (χ1) is 12.5. The van der Waals surface area contributed by atoms with Crippen LogP contribution in [-0.2, 0) is 5.54 Å². The van der Waals surface area contributed by atoms with Gasteiger partial charge in [0.1, 0.15) is 5.82 Å². The lowest BCUT2D eigenvalue weighted by molar-refractivity contribution is 0.0170. The van der Waals surface area contributed by atoms with Crippen LogP contribution in [0.25, 0.3) is 0 Å². The maximum absolute atomic E-state index is 13.4. The molecule has 1 aliphatic heterocycles. The molecule has 1 aromatic carbocycles. The van der Waals surface area contributed by atoms with Gasteiger partial charge in [-0.15, -0.1) is 0 Å². The lowest BCUT2D eigenvalue weighted by Crippen LogP contribution is -2.56. The van der Waals surface area contributed by atoms with E-state index in [1.807, 2.05) is 12.1 Å². The van der Waals surface area contributed by atoms with E-state index >= 15 is 0 Å². The van der Waals surface area contributed by atoms with Crippen LogP contribution in [0.3, 0.4) is 0 Å². The smallest absolute Gasteiger partial charge is 0.318 e. The topological polar surface area (TPSA) is 35.6 Å². The number of nitrogens with one attached hydrogen (secondary N) is 1. The number of nitrogens with zero attached hydrogens (tertiary/aromatic N) is 2. The van der Waals surface area contributed by atoms with E-state index in [0.717, 1.165) is 38.8 Å². The third-order valence-electron chi connectivity index (χ3n) is 7.30. The van der Waals surface area contributed by atoms with Crippen LogP contribution < -0.4 is 5.32 Å². The molecule has 0 atom stereocenters. The molecule has 26 heavy (non-hydrogen) atoms. The van der Waals surface area contributed by atoms with Crippen LogP contribution in [0.1, 0.15) is 50.5 Å². The summed E-state index contributed by atoms with van der Waals surface area (Å²) in [4.78, 5) is 16.9. The maximum atomic E-state index is 13.4. The first kappa shape index (κ1) is 17.8. The number of carbonyl (C=O) groups is 1. The Bertz CT molecular complexity index is 660. The van der Waals surface area contributed by atoms with E-state index in [0.29, 0.717) is 5.92 Å². The molecule has 1 heterocycles. The summed E-state index contributed by atoms with van der Waals surface area (Å²) < 4.78 is 13.4. The third-order valence-corrected chi connectivity index (χ3v) is 7.30. The van der Waals surface area contributed by atoms with Gasteiger partial charge in [-0.05, 0) is 76.2 Å². The van der Waals surface area contributed by atoms with Gasteiger partial charge in [0.15, 0.2) is 0 Å². The first-order valence-electron chi connectivity index (χ1n) is 9.94. The number of urea groups is 1. The van der Waals surface area contributed by atoms with Crippen LogP contribution in [-0.4, -0.2) is 48.6 Å². The highest BCUT2D eigenvalue weighted by atomic mass is 19.1. The SMILES string of the molecule is CN(C)[C@]1(c2ccc(F)cc2)CC[C@@]2(CC1)CNC(=O)N2CC1CCC1. The van der Waals surface area contributed by atoms with Crippen molar-refractivity contribution in [2.75, 3.05) is 27.2 Å². The van der Waals surface area contributed by atoms with E-state index in [4.69, 9.17) is 0 Å². The van der Waals surface area contributed by atoms with Crippen LogP contribution in [0, 0.1) is 11.7 Å². The van der Waals surface area contributed by atoms with Crippen molar-refractivity contribution in [1.29, 1.82) is 0 Å². The Hall–Kier alpha value is -1.62. The molecule has 2 saturated carbocycles. The van der Waals surface area contributed by atoms with Crippen molar-refractivity contribution in [3.05, 3.63) is 35.6 Å². The van der Waals surface area contributed by atoms with Crippen LogP contribution in [0.15, 0.2) is 24.3 Å². The molecule has 4 nitrogen and oxygen atoms in total. The molecule has 1 aromatic rings. The Morgan fingerprint density at radius 2 is 1.81 bits per heavy atom. The average Bonchev–Trinajstić information content (AvgIpc) is 2.89. The van der Waals surface area contributed by atoms with Crippen LogP contribution in [0.2, 0.25) is 0 Å². The normalized spacial score (nSPS) is 32.2. The zero-order valence-electron chi connectivity index (χ0n) is 15.9. The van der Waals surface area contributed by atoms with Gasteiger partial charge in [0.05, 0.1) is 5.54 Å². The highest BCUT2D eigenvalue weighted by Gasteiger charge is 2.52. The van der Waals surface area contributed by atoms with Crippen molar-refractivity contribution in [1.82, 2.24) is 15.1 Å². The van der Waals surface area contributed by atoms with Gasteiger partial charge < -0.3 is 10.2 Å². The highest BCUT2D eigenvalue weighted by molar-refractivity contribution is 5.78. The van der Waals surface area contributed by atoms with Gasteiger partial charge in [-0.1, -0.05) is 18.6 Å². The Balaban J connectivity index is 1.55. The summed E-state index contributed by atoms with van der Waals surface area (Å²) in [5.41, 5.74) is 1.07. The fourth-order valence-electron chi connectivity index (χ4n) is 5.19. The van der Waals surface area contributed by atoms with E-state index in [1.54, 1.807) is 12.1 Å². The van der Waals surface area contributed by atoms with E-state index in [1.165, 1.54) is 24.8 Å². The molecular formula is C21H30FN3O. The molecule has 0 aromatic heterocycles. The lowest BCUT2D eigenvalue weighted by atomic mass is 9.68. The number of carbonyl (C=O) groups excluding carboxylic acids is 1. The number of hydrogen-bond donors (Lipinski definition) is 1. The van der Waals surface area contributed by atoms with Crippen molar-refractivity contribution in [3.63, 3.8) is 0 Å². The fourth-order valence-corrected chi connectivity index (χ4v) is 5.19. The van der Waals surface area contributed by atoms with E-state index in [-0.39, 0.29) is 22.9 Å². The molecule has 3 fully saturated rings. The summed E-state index contributed by atoms with van der Waals surface area (Å²) in [5.74, 6) is 0.501. The van der Waals surface area contributed by atoms with Gasteiger partial charge >= 0.3 is 6.03 Å². The fraction of sp³-hybridized carbons (Fsp3) is 0.667. The minimum Gasteiger partial charge on any atom is -0.336 e. The highest BCUT2D eigenvalue weighted by Crippen LogP contribution is 2.48. The van der Waals surface area contributed by atoms with Crippen molar-refractivity contribution >= 4 is 6.03 Å². The second-order valence-electron chi connectivity index (χ2n) is 8.72. The van der Waals surface area contributed by atoms with E-state index in [9.17, 15) is 9.18 Å². The molecule has 0 radical (unpaired) electrons. The molecule has 142 valence electrons. The Morgan fingerprint density at radius 1 is 1.15 bits per heavy atom. The zero-order valence-corrected chi connectivity index (χ0v) is 15.9. The lowest BCUT2D eigenvalue weighted by Gasteiger charge is -2.51. The van der Waals surface area contributed by atoms with E-state index in [2.05, 4.69) is 29.2 Å². The van der Waals surface area contributed by atoms with Crippen LogP contribution >= 0.6 is 0 Å². The number of amides is 2. The summed E-state index contributed by atoms with van der Waals surface area (Å²) in [6.07, 6.45) is 7.79. The number of halogens is 1. The standard InChI is InChI=1S/C21H30FN3O/c1-24(2)21(17-6-8-18(22)9-7-17)12-10-20(11-13-21)15-23-19(26)25(20)14-16-4-3-5-16/h6-9,16H,3-5,10-15H2,1-2H3,(H,23,26)/t20-,21-. The molecule has 1 spiro atoms. The number of hydrogen-bond acceptors (Lipinski definition) is 2. The molecule has 2 aliphatic carbocycles. The van der Waals surface area contributed by atoms with Gasteiger partial charge in [-0.25, -0.2) is 9.18 Å². The van der Waals surface area contributed by atoms with Crippen molar-refractivity contribution in [2.45, 2.75) is 56.0 Å². The summed E-state index contributed by atoms with van der Waals surface area (Å²) in [5, 5.41) is 3.11. The van der Waals surface area contributed by atoms with Crippen molar-refractivity contribution < 1.29 is 9.18 Å². The summed E-state index contributed by atoms with van der Waals surface area (Å²) in [7, 11) is 4.23. The second kappa shape index (κ2) is 6.52. The molecule has 0 unspecified atom stereocenters. The van der Waals surface area contributed by atoms with E-state index < -0.39 is 0 Å². The van der Waals surface area contributed by atoms with Gasteiger partial charge in [0.25, 0.3) is 0 Å². The Morgan fingerprint density at radius 3 is 2.35 bits per heavy atom. The van der Waals surface area contributed by atoms with Crippen molar-refractivity contribution in [2.24, 2.45) is 5.92 Å². The molecule has 1 N–H and O–H groups in total. The molecular weight excluding hydrogens is 329 g/mol. The summed E-state index contributed by atoms with van der Waals surface area (Å²) in [6, 6.07) is 7.11. The maximum Gasteiger partial charge on any atom is 0.318 e. The molecule has 0 bridgehead atoms. The monoisotopic (exact) mass is 359 g/mol. The summed E-state index contributed by atoms with van der Waals surface area (Å²) in [6.45, 7) is 1.68. The third kappa shape index (κ3) is 2.81. The Kier molecular flexibility index (Phi) is 4.46. The number of benzene rings is 1. The number of rotatable bonds is 4. The van der Waals surface area contributed by atoms with Crippen LogP contribution in [0.5, 0.6) is 0 Å². The molecule has 3 aliphatic rings. The van der Waals surface area contributed by atoms with Gasteiger partial charge in [-0.3, -0.25) is 4.90 Å². The van der Waals surface area contributed by atoms with Crippen molar-refractivity contribution in [3.8, 4) is 0 Å². The van der Waals surface area contributed by atoms with Gasteiger partial charge in [0.2, 0.25) is 0 Å². The minimum absolute atomic E-state index is 0.0355. The zero-order chi connectivity index (χ0) is 18.4. The second-order valence-corrected chi connectivity index (χ2v) is 8.72. The van der Waals surface area contributed by atoms with Gasteiger partial charge in [0, 0.05) is 18.6 Å². The molecule has 2 amide bonds. The summed E-state index contributed by atoms with van der Waals surface area (Å²) >= 11 is 0. The molecule has 4 rings (SSSR count). The Labute approximate surface area is 155 Å². The predicted molar refractivity (Wildman–Crippen MR) is 100 cm³/mol. The molecule has 5 heteroatoms. The van der Waals surface area contributed by atoms with Crippen LogP contribution in [0.4, 0.5) is 9.18 Å². The quantitative estimate of drug-likeness (QED) is 0.889. The average molecular weight is 359 g/mol. The largest absolute Gasteiger partial charge is 0.336 e. The first-order valence-corrected chi connectivity index (χ1v) is 9.94. The minimum atomic E-state index is -0.188. The predicted octanol–water partition coefficient (Wildman–Crippen LogP) is 3.72.